The minimum absolute atomic E-state index is 0.0484. The van der Waals surface area contributed by atoms with E-state index in [2.05, 4.69) is 4.98 Å². The van der Waals surface area contributed by atoms with Crippen molar-refractivity contribution in [3.05, 3.63) is 59.5 Å². The van der Waals surface area contributed by atoms with E-state index in [9.17, 15) is 14.0 Å². The summed E-state index contributed by atoms with van der Waals surface area (Å²) in [5, 5.41) is 0.668. The molecule has 2 amide bonds. The lowest BCUT2D eigenvalue weighted by Crippen LogP contribution is -2.51. The van der Waals surface area contributed by atoms with E-state index < -0.39 is 0 Å². The summed E-state index contributed by atoms with van der Waals surface area (Å²) in [6.45, 7) is 6.37. The first kappa shape index (κ1) is 23.7. The van der Waals surface area contributed by atoms with Gasteiger partial charge in [-0.1, -0.05) is 12.1 Å². The number of nitrogens with zero attached hydrogens (tertiary/aromatic N) is 3. The molecule has 0 saturated carbocycles. The Kier molecular flexibility index (Phi) is 7.65. The highest BCUT2D eigenvalue weighted by atomic mass is 32.2. The highest BCUT2D eigenvalue weighted by Gasteiger charge is 2.34. The molecular weight excluding hydrogens is 441 g/mol. The maximum absolute atomic E-state index is 13.3. The number of rotatable bonds is 5. The molecule has 1 aromatic carbocycles. The van der Waals surface area contributed by atoms with Crippen molar-refractivity contribution in [2.45, 2.75) is 49.7 Å². The van der Waals surface area contributed by atoms with Crippen LogP contribution in [0.4, 0.5) is 4.39 Å². The lowest BCUT2D eigenvalue weighted by molar-refractivity contribution is -0.148. The molecule has 0 bridgehead atoms. The van der Waals surface area contributed by atoms with Gasteiger partial charge in [0.05, 0.1) is 17.8 Å². The lowest BCUT2D eigenvalue weighted by atomic mass is 9.94. The van der Waals surface area contributed by atoms with E-state index in [0.29, 0.717) is 55.4 Å². The number of carbonyl (C=O) groups is 2. The summed E-state index contributed by atoms with van der Waals surface area (Å²) in [6.07, 6.45) is 3.12. The van der Waals surface area contributed by atoms with Crippen LogP contribution in [0.25, 0.3) is 0 Å². The van der Waals surface area contributed by atoms with Crippen molar-refractivity contribution < 1.29 is 18.7 Å². The molecule has 6 nitrogen and oxygen atoms in total. The third-order valence-electron chi connectivity index (χ3n) is 6.15. The first-order chi connectivity index (χ1) is 15.9. The fraction of sp³-hybridized carbons (Fsp3) is 0.480. The van der Waals surface area contributed by atoms with Crippen LogP contribution in [0.1, 0.15) is 42.6 Å². The first-order valence-corrected chi connectivity index (χ1v) is 12.4. The highest BCUT2D eigenvalue weighted by molar-refractivity contribution is 7.98. The Morgan fingerprint density at radius 3 is 2.39 bits per heavy atom. The molecule has 176 valence electrons. The van der Waals surface area contributed by atoms with E-state index in [1.807, 2.05) is 23.6 Å². The third kappa shape index (κ3) is 5.92. The number of thioether (sulfide) groups is 1. The number of hydrogen-bond acceptors (Lipinski definition) is 5. The van der Waals surface area contributed by atoms with Gasteiger partial charge < -0.3 is 14.5 Å². The van der Waals surface area contributed by atoms with E-state index in [-0.39, 0.29) is 35.8 Å². The minimum atomic E-state index is -0.267. The molecule has 0 radical (unpaired) electrons. The van der Waals surface area contributed by atoms with E-state index in [1.54, 1.807) is 30.5 Å². The number of pyridine rings is 1. The second-order valence-corrected chi connectivity index (χ2v) is 9.80. The third-order valence-corrected chi connectivity index (χ3v) is 7.23. The van der Waals surface area contributed by atoms with Gasteiger partial charge in [-0.15, -0.1) is 11.8 Å². The van der Waals surface area contributed by atoms with Gasteiger partial charge in [-0.2, -0.15) is 0 Å². The second kappa shape index (κ2) is 10.7. The van der Waals surface area contributed by atoms with Gasteiger partial charge in [0.15, 0.2) is 0 Å². The van der Waals surface area contributed by atoms with Gasteiger partial charge in [-0.25, -0.2) is 9.37 Å². The van der Waals surface area contributed by atoms with Crippen molar-refractivity contribution in [2.24, 2.45) is 5.92 Å². The molecule has 3 heterocycles. The van der Waals surface area contributed by atoms with Gasteiger partial charge in [0.1, 0.15) is 10.8 Å². The zero-order chi connectivity index (χ0) is 23.4. The van der Waals surface area contributed by atoms with Crippen molar-refractivity contribution in [2.75, 3.05) is 26.2 Å². The monoisotopic (exact) mass is 471 g/mol. The van der Waals surface area contributed by atoms with E-state index in [4.69, 9.17) is 4.74 Å². The van der Waals surface area contributed by atoms with E-state index in [0.717, 1.165) is 5.56 Å². The molecule has 2 fully saturated rings. The summed E-state index contributed by atoms with van der Waals surface area (Å²) in [6, 6.07) is 9.92. The maximum atomic E-state index is 13.3. The van der Waals surface area contributed by atoms with Gasteiger partial charge in [0.2, 0.25) is 5.91 Å². The molecule has 0 N–H and O–H groups in total. The number of aromatic nitrogens is 1. The number of likely N-dealkylation sites (tertiary alicyclic amines) is 1. The molecule has 2 aliphatic rings. The van der Waals surface area contributed by atoms with Gasteiger partial charge in [-0.05, 0) is 56.5 Å². The Labute approximate surface area is 198 Å². The molecule has 8 heteroatoms. The zero-order valence-corrected chi connectivity index (χ0v) is 19.9. The molecular formula is C25H30FN3O3S. The van der Waals surface area contributed by atoms with Crippen LogP contribution in [0.2, 0.25) is 0 Å². The van der Waals surface area contributed by atoms with Gasteiger partial charge in [0, 0.05) is 44.0 Å². The standard InChI is InChI=1S/C25H30FN3O3S/c1-17-14-29(15-18(2)32-17)24(30)20-9-12-28(13-10-20)25(31)22-4-3-11-27-23(22)33-16-19-5-7-21(26)8-6-19/h3-8,11,17-18,20H,9-10,12-16H2,1-2H3. The summed E-state index contributed by atoms with van der Waals surface area (Å²) < 4.78 is 18.9. The van der Waals surface area contributed by atoms with Crippen LogP contribution in [0.15, 0.2) is 47.6 Å². The number of carbonyl (C=O) groups excluding carboxylic acids is 2. The molecule has 0 spiro atoms. The quantitative estimate of drug-likeness (QED) is 0.617. The maximum Gasteiger partial charge on any atom is 0.256 e. The number of ether oxygens (including phenoxy) is 1. The van der Waals surface area contributed by atoms with Crippen molar-refractivity contribution >= 4 is 23.6 Å². The number of morpholine rings is 1. The summed E-state index contributed by atoms with van der Waals surface area (Å²) >= 11 is 1.47. The van der Waals surface area contributed by atoms with Crippen molar-refractivity contribution in [1.29, 1.82) is 0 Å². The molecule has 0 aliphatic carbocycles. The number of benzene rings is 1. The van der Waals surface area contributed by atoms with E-state index in [1.165, 1.54) is 23.9 Å². The molecule has 1 aromatic heterocycles. The smallest absolute Gasteiger partial charge is 0.256 e. The Bertz CT molecular complexity index is 969. The molecule has 2 atom stereocenters. The summed E-state index contributed by atoms with van der Waals surface area (Å²) in [5.74, 6) is 0.417. The molecule has 2 aromatic rings. The van der Waals surface area contributed by atoms with Crippen LogP contribution in [0.5, 0.6) is 0 Å². The van der Waals surface area contributed by atoms with Crippen molar-refractivity contribution in [1.82, 2.24) is 14.8 Å². The average molecular weight is 472 g/mol. The van der Waals surface area contributed by atoms with Crippen LogP contribution in [0.3, 0.4) is 0 Å². The largest absolute Gasteiger partial charge is 0.372 e. The topological polar surface area (TPSA) is 62.7 Å². The Hall–Kier alpha value is -2.45. The number of piperidine rings is 1. The highest BCUT2D eigenvalue weighted by Crippen LogP contribution is 2.28. The lowest BCUT2D eigenvalue weighted by Gasteiger charge is -2.39. The van der Waals surface area contributed by atoms with Crippen LogP contribution in [-0.2, 0) is 15.3 Å². The zero-order valence-electron chi connectivity index (χ0n) is 19.1. The molecule has 2 aliphatic heterocycles. The van der Waals surface area contributed by atoms with Gasteiger partial charge >= 0.3 is 0 Å². The fourth-order valence-electron chi connectivity index (χ4n) is 4.52. The SMILES string of the molecule is CC1CN(C(=O)C2CCN(C(=O)c3cccnc3SCc3ccc(F)cc3)CC2)CC(C)O1. The predicted molar refractivity (Wildman–Crippen MR) is 125 cm³/mol. The summed E-state index contributed by atoms with van der Waals surface area (Å²) in [4.78, 5) is 34.4. The van der Waals surface area contributed by atoms with Gasteiger partial charge in [-0.3, -0.25) is 9.59 Å². The van der Waals surface area contributed by atoms with Crippen molar-refractivity contribution in [3.63, 3.8) is 0 Å². The molecule has 2 saturated heterocycles. The average Bonchev–Trinajstić information content (AvgIpc) is 2.82. The van der Waals surface area contributed by atoms with Gasteiger partial charge in [0.25, 0.3) is 5.91 Å². The normalized spacial score (nSPS) is 21.8. The minimum Gasteiger partial charge on any atom is -0.372 e. The summed E-state index contributed by atoms with van der Waals surface area (Å²) in [5.41, 5.74) is 1.54. The number of halogens is 1. The molecule has 33 heavy (non-hydrogen) atoms. The van der Waals surface area contributed by atoms with Crippen molar-refractivity contribution in [3.8, 4) is 0 Å². The second-order valence-electron chi connectivity index (χ2n) is 8.84. The van der Waals surface area contributed by atoms with Crippen LogP contribution in [-0.4, -0.2) is 65.0 Å². The summed E-state index contributed by atoms with van der Waals surface area (Å²) in [7, 11) is 0. The molecule has 2 unspecified atom stereocenters. The number of amides is 2. The number of hydrogen-bond donors (Lipinski definition) is 0. The molecule has 4 rings (SSSR count). The Morgan fingerprint density at radius 1 is 1.06 bits per heavy atom. The van der Waals surface area contributed by atoms with Crippen LogP contribution < -0.4 is 0 Å². The van der Waals surface area contributed by atoms with Crippen LogP contribution >= 0.6 is 11.8 Å². The predicted octanol–water partition coefficient (Wildman–Crippen LogP) is 4.00. The fourth-order valence-corrected chi connectivity index (χ4v) is 5.46. The Balaban J connectivity index is 1.35. The Morgan fingerprint density at radius 2 is 1.73 bits per heavy atom. The van der Waals surface area contributed by atoms with E-state index >= 15 is 0 Å². The van der Waals surface area contributed by atoms with Crippen LogP contribution in [0, 0.1) is 11.7 Å². The first-order valence-electron chi connectivity index (χ1n) is 11.5.